The van der Waals surface area contributed by atoms with Crippen molar-refractivity contribution in [2.75, 3.05) is 5.75 Å². The second-order valence-electron chi connectivity index (χ2n) is 3.03. The van der Waals surface area contributed by atoms with Gasteiger partial charge in [-0.25, -0.2) is 9.97 Å². The van der Waals surface area contributed by atoms with Gasteiger partial charge in [-0.2, -0.15) is 0 Å². The van der Waals surface area contributed by atoms with Gasteiger partial charge in [-0.1, -0.05) is 25.1 Å². The molecule has 3 heteroatoms. The van der Waals surface area contributed by atoms with E-state index in [1.165, 1.54) is 0 Å². The largest absolute Gasteiger partial charge is 0.233 e. The lowest BCUT2D eigenvalue weighted by Crippen LogP contribution is -1.92. The first kappa shape index (κ1) is 9.46. The third-order valence-electron chi connectivity index (χ3n) is 1.96. The lowest BCUT2D eigenvalue weighted by molar-refractivity contribution is 1.01. The van der Waals surface area contributed by atoms with Gasteiger partial charge in [0.15, 0.2) is 0 Å². The standard InChI is InChI=1S/C11H12N2S/c1-3-14-11-9-6-4-5-7-10(9)12-8(2)13-11/h4-7H,3H2,1-2H3. The minimum atomic E-state index is 0.847. The zero-order valence-corrected chi connectivity index (χ0v) is 9.14. The summed E-state index contributed by atoms with van der Waals surface area (Å²) in [6.45, 7) is 4.07. The highest BCUT2D eigenvalue weighted by atomic mass is 32.2. The molecule has 72 valence electrons. The zero-order valence-electron chi connectivity index (χ0n) is 8.32. The molecule has 0 fully saturated rings. The van der Waals surface area contributed by atoms with E-state index in [0.717, 1.165) is 27.5 Å². The second kappa shape index (κ2) is 3.96. The van der Waals surface area contributed by atoms with Crippen molar-refractivity contribution in [3.63, 3.8) is 0 Å². The fraction of sp³-hybridized carbons (Fsp3) is 0.273. The van der Waals surface area contributed by atoms with E-state index in [0.29, 0.717) is 0 Å². The highest BCUT2D eigenvalue weighted by molar-refractivity contribution is 7.99. The molecule has 0 amide bonds. The Morgan fingerprint density at radius 1 is 1.21 bits per heavy atom. The van der Waals surface area contributed by atoms with Crippen molar-refractivity contribution in [1.82, 2.24) is 9.97 Å². The molecule has 0 saturated carbocycles. The molecule has 0 aliphatic carbocycles. The number of para-hydroxylation sites is 1. The van der Waals surface area contributed by atoms with Gasteiger partial charge < -0.3 is 0 Å². The molecule has 0 N–H and O–H groups in total. The number of rotatable bonds is 2. The van der Waals surface area contributed by atoms with Crippen LogP contribution < -0.4 is 0 Å². The summed E-state index contributed by atoms with van der Waals surface area (Å²) in [6, 6.07) is 8.15. The smallest absolute Gasteiger partial charge is 0.127 e. The maximum absolute atomic E-state index is 4.44. The molecule has 0 spiro atoms. The van der Waals surface area contributed by atoms with Crippen molar-refractivity contribution in [2.24, 2.45) is 0 Å². The van der Waals surface area contributed by atoms with Gasteiger partial charge in [0, 0.05) is 5.39 Å². The first-order chi connectivity index (χ1) is 6.81. The third-order valence-corrected chi connectivity index (χ3v) is 2.83. The summed E-state index contributed by atoms with van der Waals surface area (Å²) in [6.07, 6.45) is 0. The molecule has 0 saturated heterocycles. The predicted molar refractivity (Wildman–Crippen MR) is 60.7 cm³/mol. The van der Waals surface area contributed by atoms with Gasteiger partial charge in [-0.3, -0.25) is 0 Å². The zero-order chi connectivity index (χ0) is 9.97. The molecule has 0 bridgehead atoms. The highest BCUT2D eigenvalue weighted by Crippen LogP contribution is 2.24. The first-order valence-electron chi connectivity index (χ1n) is 4.67. The summed E-state index contributed by atoms with van der Waals surface area (Å²) in [5, 5.41) is 2.25. The van der Waals surface area contributed by atoms with Crippen LogP contribution in [0.1, 0.15) is 12.7 Å². The maximum Gasteiger partial charge on any atom is 0.127 e. The number of hydrogen-bond donors (Lipinski definition) is 0. The molecule has 14 heavy (non-hydrogen) atoms. The molecule has 0 aliphatic rings. The van der Waals surface area contributed by atoms with Crippen molar-refractivity contribution in [1.29, 1.82) is 0 Å². The highest BCUT2D eigenvalue weighted by Gasteiger charge is 2.03. The Labute approximate surface area is 87.8 Å². The first-order valence-corrected chi connectivity index (χ1v) is 5.66. The number of fused-ring (bicyclic) bond motifs is 1. The van der Waals surface area contributed by atoms with Crippen LogP contribution in [0.15, 0.2) is 29.3 Å². The molecule has 0 aliphatic heterocycles. The molecule has 0 unspecified atom stereocenters. The molecule has 1 heterocycles. The lowest BCUT2D eigenvalue weighted by atomic mass is 10.2. The van der Waals surface area contributed by atoms with Crippen LogP contribution in [-0.2, 0) is 0 Å². The van der Waals surface area contributed by atoms with Crippen LogP contribution in [0.3, 0.4) is 0 Å². The third kappa shape index (κ3) is 1.73. The van der Waals surface area contributed by atoms with Crippen LogP contribution >= 0.6 is 11.8 Å². The van der Waals surface area contributed by atoms with Gasteiger partial charge in [0.05, 0.1) is 5.52 Å². The van der Waals surface area contributed by atoms with Crippen LogP contribution in [0.4, 0.5) is 0 Å². The molecule has 1 aromatic heterocycles. The van der Waals surface area contributed by atoms with Crippen molar-refractivity contribution in [3.8, 4) is 0 Å². The Kier molecular flexibility index (Phi) is 2.68. The average Bonchev–Trinajstić information content (AvgIpc) is 2.18. The summed E-state index contributed by atoms with van der Waals surface area (Å²) in [5.74, 6) is 1.89. The minimum absolute atomic E-state index is 0.847. The summed E-state index contributed by atoms with van der Waals surface area (Å²) in [5.41, 5.74) is 1.04. The van der Waals surface area contributed by atoms with Crippen molar-refractivity contribution >= 4 is 22.7 Å². The van der Waals surface area contributed by atoms with E-state index < -0.39 is 0 Å². The molecule has 0 radical (unpaired) electrons. The van der Waals surface area contributed by atoms with E-state index in [-0.39, 0.29) is 0 Å². The summed E-state index contributed by atoms with van der Waals surface area (Å²) < 4.78 is 0. The van der Waals surface area contributed by atoms with E-state index in [1.54, 1.807) is 11.8 Å². The number of nitrogens with zero attached hydrogens (tertiary/aromatic N) is 2. The fourth-order valence-corrected chi connectivity index (χ4v) is 2.20. The van der Waals surface area contributed by atoms with E-state index in [4.69, 9.17) is 0 Å². The summed E-state index contributed by atoms with van der Waals surface area (Å²) in [4.78, 5) is 8.84. The number of aryl methyl sites for hydroxylation is 1. The van der Waals surface area contributed by atoms with Crippen LogP contribution in [0.5, 0.6) is 0 Å². The van der Waals surface area contributed by atoms with Crippen LogP contribution in [0.2, 0.25) is 0 Å². The van der Waals surface area contributed by atoms with Crippen molar-refractivity contribution in [2.45, 2.75) is 18.9 Å². The van der Waals surface area contributed by atoms with Gasteiger partial charge in [0.1, 0.15) is 10.9 Å². The molecular weight excluding hydrogens is 192 g/mol. The van der Waals surface area contributed by atoms with E-state index >= 15 is 0 Å². The molecule has 2 aromatic rings. The monoisotopic (exact) mass is 204 g/mol. The van der Waals surface area contributed by atoms with Gasteiger partial charge >= 0.3 is 0 Å². The Bertz CT molecular complexity index is 454. The lowest BCUT2D eigenvalue weighted by Gasteiger charge is -2.04. The van der Waals surface area contributed by atoms with Crippen LogP contribution in [0, 0.1) is 6.92 Å². The Morgan fingerprint density at radius 2 is 2.00 bits per heavy atom. The predicted octanol–water partition coefficient (Wildman–Crippen LogP) is 3.05. The van der Waals surface area contributed by atoms with Crippen LogP contribution in [0.25, 0.3) is 10.9 Å². The topological polar surface area (TPSA) is 25.8 Å². The van der Waals surface area contributed by atoms with Gasteiger partial charge in [0.2, 0.25) is 0 Å². The molecule has 0 atom stereocenters. The van der Waals surface area contributed by atoms with Gasteiger partial charge in [-0.15, -0.1) is 11.8 Å². The molecule has 2 nitrogen and oxygen atoms in total. The number of thioether (sulfide) groups is 1. The van der Waals surface area contributed by atoms with Crippen molar-refractivity contribution in [3.05, 3.63) is 30.1 Å². The maximum atomic E-state index is 4.44. The fourth-order valence-electron chi connectivity index (χ4n) is 1.41. The molecule has 2 rings (SSSR count). The number of aromatic nitrogens is 2. The Hall–Kier alpha value is -1.09. The summed E-state index contributed by atoms with van der Waals surface area (Å²) >= 11 is 1.77. The summed E-state index contributed by atoms with van der Waals surface area (Å²) in [7, 11) is 0. The second-order valence-corrected chi connectivity index (χ2v) is 4.28. The quantitative estimate of drug-likeness (QED) is 0.555. The normalized spacial score (nSPS) is 10.7. The van der Waals surface area contributed by atoms with E-state index in [2.05, 4.69) is 23.0 Å². The Morgan fingerprint density at radius 3 is 2.79 bits per heavy atom. The van der Waals surface area contributed by atoms with Gasteiger partial charge in [0.25, 0.3) is 0 Å². The molecular formula is C11H12N2S. The van der Waals surface area contributed by atoms with E-state index in [1.807, 2.05) is 25.1 Å². The Balaban J connectivity index is 2.67. The average molecular weight is 204 g/mol. The molecule has 1 aromatic carbocycles. The number of hydrogen-bond acceptors (Lipinski definition) is 3. The number of benzene rings is 1. The SMILES string of the molecule is CCSc1nc(C)nc2ccccc12. The van der Waals surface area contributed by atoms with E-state index in [9.17, 15) is 0 Å². The minimum Gasteiger partial charge on any atom is -0.233 e. The van der Waals surface area contributed by atoms with Gasteiger partial charge in [-0.05, 0) is 18.7 Å². The van der Waals surface area contributed by atoms with Crippen molar-refractivity contribution < 1.29 is 0 Å². The van der Waals surface area contributed by atoms with Crippen LogP contribution in [-0.4, -0.2) is 15.7 Å².